The molecule has 0 bridgehead atoms. The molecule has 1 aromatic carbocycles. The summed E-state index contributed by atoms with van der Waals surface area (Å²) in [7, 11) is 0. The highest BCUT2D eigenvalue weighted by molar-refractivity contribution is 5.89. The third-order valence-electron chi connectivity index (χ3n) is 3.19. The van der Waals surface area contributed by atoms with Crippen molar-refractivity contribution in [1.82, 2.24) is 5.32 Å². The molecule has 1 atom stereocenters. The molecule has 21 heavy (non-hydrogen) atoms. The van der Waals surface area contributed by atoms with E-state index in [4.69, 9.17) is 5.11 Å². The van der Waals surface area contributed by atoms with E-state index in [1.807, 2.05) is 6.92 Å². The molecule has 0 saturated heterocycles. The second kappa shape index (κ2) is 9.00. The molecule has 5 heteroatoms. The summed E-state index contributed by atoms with van der Waals surface area (Å²) in [6.07, 6.45) is 4.42. The average molecular weight is 292 g/mol. The Hall–Kier alpha value is -2.04. The molecular formula is C16H24N2O3. The summed E-state index contributed by atoms with van der Waals surface area (Å²) in [5.41, 5.74) is 1.36. The van der Waals surface area contributed by atoms with Crippen molar-refractivity contribution in [3.05, 3.63) is 29.8 Å². The SMILES string of the molecule is CCCCCC(C)NC(=O)Nc1ccc(CC(=O)O)cc1. The number of anilines is 1. The van der Waals surface area contributed by atoms with Gasteiger partial charge in [0.1, 0.15) is 0 Å². The highest BCUT2D eigenvalue weighted by Crippen LogP contribution is 2.10. The Morgan fingerprint density at radius 2 is 1.86 bits per heavy atom. The van der Waals surface area contributed by atoms with Gasteiger partial charge < -0.3 is 15.7 Å². The van der Waals surface area contributed by atoms with Crippen LogP contribution >= 0.6 is 0 Å². The number of urea groups is 1. The molecule has 116 valence electrons. The lowest BCUT2D eigenvalue weighted by Crippen LogP contribution is -2.36. The number of hydrogen-bond acceptors (Lipinski definition) is 2. The van der Waals surface area contributed by atoms with Gasteiger partial charge in [-0.2, -0.15) is 0 Å². The fraction of sp³-hybridized carbons (Fsp3) is 0.500. The van der Waals surface area contributed by atoms with Crippen molar-refractivity contribution in [3.8, 4) is 0 Å². The smallest absolute Gasteiger partial charge is 0.319 e. The van der Waals surface area contributed by atoms with Crippen molar-refractivity contribution in [3.63, 3.8) is 0 Å². The number of carbonyl (C=O) groups excluding carboxylic acids is 1. The van der Waals surface area contributed by atoms with Crippen molar-refractivity contribution in [2.75, 3.05) is 5.32 Å². The highest BCUT2D eigenvalue weighted by Gasteiger charge is 2.07. The van der Waals surface area contributed by atoms with Gasteiger partial charge >= 0.3 is 12.0 Å². The molecule has 3 N–H and O–H groups in total. The molecule has 0 aromatic heterocycles. The summed E-state index contributed by atoms with van der Waals surface area (Å²) in [6.45, 7) is 4.14. The number of hydrogen-bond donors (Lipinski definition) is 3. The zero-order valence-corrected chi connectivity index (χ0v) is 12.7. The monoisotopic (exact) mass is 292 g/mol. The third-order valence-corrected chi connectivity index (χ3v) is 3.19. The topological polar surface area (TPSA) is 78.4 Å². The Bertz CT molecular complexity index is 457. The van der Waals surface area contributed by atoms with E-state index in [2.05, 4.69) is 17.6 Å². The quantitative estimate of drug-likeness (QED) is 0.642. The van der Waals surface area contributed by atoms with Crippen molar-refractivity contribution in [1.29, 1.82) is 0 Å². The zero-order chi connectivity index (χ0) is 15.7. The van der Waals surface area contributed by atoms with E-state index < -0.39 is 5.97 Å². The lowest BCUT2D eigenvalue weighted by Gasteiger charge is -2.14. The maximum atomic E-state index is 11.8. The lowest BCUT2D eigenvalue weighted by atomic mass is 10.1. The number of unbranched alkanes of at least 4 members (excludes halogenated alkanes) is 2. The number of carbonyl (C=O) groups is 2. The molecule has 0 aliphatic carbocycles. The summed E-state index contributed by atoms with van der Waals surface area (Å²) in [5, 5.41) is 14.3. The van der Waals surface area contributed by atoms with Gasteiger partial charge in [0.2, 0.25) is 0 Å². The Balaban J connectivity index is 2.38. The number of benzene rings is 1. The molecular weight excluding hydrogens is 268 g/mol. The van der Waals surface area contributed by atoms with Crippen LogP contribution in [-0.4, -0.2) is 23.1 Å². The van der Waals surface area contributed by atoms with Gasteiger partial charge in [-0.05, 0) is 31.0 Å². The summed E-state index contributed by atoms with van der Waals surface area (Å²) in [5.74, 6) is -0.866. The first-order valence-corrected chi connectivity index (χ1v) is 7.39. The van der Waals surface area contributed by atoms with Crippen molar-refractivity contribution < 1.29 is 14.7 Å². The lowest BCUT2D eigenvalue weighted by molar-refractivity contribution is -0.136. The summed E-state index contributed by atoms with van der Waals surface area (Å²) >= 11 is 0. The molecule has 0 fully saturated rings. The molecule has 1 rings (SSSR count). The van der Waals surface area contributed by atoms with Crippen molar-refractivity contribution in [2.24, 2.45) is 0 Å². The maximum Gasteiger partial charge on any atom is 0.319 e. The Labute approximate surface area is 125 Å². The Morgan fingerprint density at radius 3 is 2.43 bits per heavy atom. The van der Waals surface area contributed by atoms with E-state index >= 15 is 0 Å². The largest absolute Gasteiger partial charge is 0.481 e. The van der Waals surface area contributed by atoms with E-state index in [1.54, 1.807) is 24.3 Å². The molecule has 0 aliphatic heterocycles. The van der Waals surface area contributed by atoms with E-state index in [1.165, 1.54) is 12.8 Å². The van der Waals surface area contributed by atoms with Gasteiger partial charge in [0.05, 0.1) is 6.42 Å². The van der Waals surface area contributed by atoms with Gasteiger partial charge in [0.15, 0.2) is 0 Å². The van der Waals surface area contributed by atoms with E-state index in [0.29, 0.717) is 11.3 Å². The minimum Gasteiger partial charge on any atom is -0.481 e. The number of amides is 2. The molecule has 0 aliphatic rings. The molecule has 1 unspecified atom stereocenters. The standard InChI is InChI=1S/C16H24N2O3/c1-3-4-5-6-12(2)17-16(21)18-14-9-7-13(8-10-14)11-15(19)20/h7-10,12H,3-6,11H2,1-2H3,(H,19,20)(H2,17,18,21). The van der Waals surface area contributed by atoms with Crippen LogP contribution in [0.15, 0.2) is 24.3 Å². The van der Waals surface area contributed by atoms with Gasteiger partial charge in [-0.15, -0.1) is 0 Å². The maximum absolute atomic E-state index is 11.8. The van der Waals surface area contributed by atoms with Crippen LogP contribution in [0.3, 0.4) is 0 Å². The number of nitrogens with one attached hydrogen (secondary N) is 2. The zero-order valence-electron chi connectivity index (χ0n) is 12.7. The molecule has 1 aromatic rings. The van der Waals surface area contributed by atoms with E-state index in [0.717, 1.165) is 12.8 Å². The second-order valence-electron chi connectivity index (χ2n) is 5.26. The fourth-order valence-corrected chi connectivity index (χ4v) is 2.04. The highest BCUT2D eigenvalue weighted by atomic mass is 16.4. The van der Waals surface area contributed by atoms with Crippen LogP contribution in [0.5, 0.6) is 0 Å². The van der Waals surface area contributed by atoms with E-state index in [-0.39, 0.29) is 18.5 Å². The minimum atomic E-state index is -0.866. The predicted molar refractivity (Wildman–Crippen MR) is 83.5 cm³/mol. The molecule has 2 amide bonds. The molecule has 0 spiro atoms. The predicted octanol–water partition coefficient (Wildman–Crippen LogP) is 3.40. The number of carboxylic acids is 1. The van der Waals surface area contributed by atoms with E-state index in [9.17, 15) is 9.59 Å². The van der Waals surface area contributed by atoms with Gasteiger partial charge in [0.25, 0.3) is 0 Å². The van der Waals surface area contributed by atoms with Crippen LogP contribution in [0.2, 0.25) is 0 Å². The molecule has 5 nitrogen and oxygen atoms in total. The average Bonchev–Trinajstić information content (AvgIpc) is 2.40. The fourth-order valence-electron chi connectivity index (χ4n) is 2.04. The normalized spacial score (nSPS) is 11.7. The van der Waals surface area contributed by atoms with Crippen LogP contribution in [-0.2, 0) is 11.2 Å². The molecule has 0 saturated carbocycles. The second-order valence-corrected chi connectivity index (χ2v) is 5.26. The van der Waals surface area contributed by atoms with Gasteiger partial charge in [-0.3, -0.25) is 4.79 Å². The minimum absolute atomic E-state index is 0.0130. The number of rotatable bonds is 8. The van der Waals surface area contributed by atoms with Crippen molar-refractivity contribution in [2.45, 2.75) is 52.0 Å². The first-order valence-electron chi connectivity index (χ1n) is 7.39. The Kier molecular flexibility index (Phi) is 7.29. The summed E-state index contributed by atoms with van der Waals surface area (Å²) in [4.78, 5) is 22.4. The molecule has 0 heterocycles. The van der Waals surface area contributed by atoms with Gasteiger partial charge in [-0.1, -0.05) is 38.3 Å². The molecule has 0 radical (unpaired) electrons. The van der Waals surface area contributed by atoms with Crippen LogP contribution in [0.4, 0.5) is 10.5 Å². The summed E-state index contributed by atoms with van der Waals surface area (Å²) in [6, 6.07) is 6.73. The van der Waals surface area contributed by atoms with Crippen LogP contribution in [0.25, 0.3) is 0 Å². The first-order chi connectivity index (χ1) is 10.0. The van der Waals surface area contributed by atoms with Crippen LogP contribution in [0, 0.1) is 0 Å². The summed E-state index contributed by atoms with van der Waals surface area (Å²) < 4.78 is 0. The van der Waals surface area contributed by atoms with Crippen LogP contribution in [0.1, 0.15) is 45.1 Å². The number of carboxylic acid groups (broad SMARTS) is 1. The Morgan fingerprint density at radius 1 is 1.19 bits per heavy atom. The van der Waals surface area contributed by atoms with Crippen molar-refractivity contribution >= 4 is 17.7 Å². The number of aliphatic carboxylic acids is 1. The third kappa shape index (κ3) is 7.34. The van der Waals surface area contributed by atoms with Crippen LogP contribution < -0.4 is 10.6 Å². The van der Waals surface area contributed by atoms with Gasteiger partial charge in [-0.25, -0.2) is 4.79 Å². The van der Waals surface area contributed by atoms with Gasteiger partial charge in [0, 0.05) is 11.7 Å². The first kappa shape index (κ1) is 17.0.